The maximum atomic E-state index is 14.9. The van der Waals surface area contributed by atoms with Crippen LogP contribution in [0.1, 0.15) is 85.6 Å². The van der Waals surface area contributed by atoms with Gasteiger partial charge in [-0.3, -0.25) is 23.7 Å². The average molecular weight is 1030 g/mol. The topological polar surface area (TPSA) is 165 Å². The quantitative estimate of drug-likeness (QED) is 0.0352. The van der Waals surface area contributed by atoms with Crippen molar-refractivity contribution in [2.75, 3.05) is 16.8 Å². The Morgan fingerprint density at radius 2 is 1.75 bits per heavy atom. The van der Waals surface area contributed by atoms with Crippen molar-refractivity contribution >= 4 is 78.8 Å². The molecule has 0 saturated carbocycles. The Kier molecular flexibility index (Phi) is 15.8. The normalized spacial score (nSPS) is 13.8. The van der Waals surface area contributed by atoms with Gasteiger partial charge in [0, 0.05) is 46.8 Å². The van der Waals surface area contributed by atoms with E-state index in [9.17, 15) is 50.7 Å². The number of carboxylic acid groups (broad SMARTS) is 1. The van der Waals surface area contributed by atoms with Gasteiger partial charge in [-0.1, -0.05) is 43.5 Å². The molecule has 1 aliphatic carbocycles. The molecule has 0 bridgehead atoms. The number of nitrogens with one attached hydrogen (secondary N) is 1. The second kappa shape index (κ2) is 20.5. The van der Waals surface area contributed by atoms with Gasteiger partial charge in [-0.05, 0) is 86.7 Å². The molecule has 0 fully saturated rings. The molecule has 0 radical (unpaired) electrons. The lowest BCUT2D eigenvalue weighted by atomic mass is 9.77. The second-order valence-corrected chi connectivity index (χ2v) is 20.1. The molecule has 3 aromatic heterocycles. The van der Waals surface area contributed by atoms with Gasteiger partial charge in [0.05, 0.1) is 45.0 Å². The number of carbonyl (C=O) groups is 3. The lowest BCUT2D eigenvalue weighted by Gasteiger charge is -2.31. The van der Waals surface area contributed by atoms with E-state index in [-0.39, 0.29) is 80.7 Å². The van der Waals surface area contributed by atoms with Crippen LogP contribution >= 0.6 is 44.3 Å². The van der Waals surface area contributed by atoms with Crippen molar-refractivity contribution in [2.24, 2.45) is 0 Å². The van der Waals surface area contributed by atoms with E-state index in [0.29, 0.717) is 21.4 Å². The number of pyridine rings is 1. The third kappa shape index (κ3) is 11.5. The molecule has 3 N–H and O–H groups in total. The minimum atomic E-state index is -4.84. The number of aryl methyl sites for hydroxylation is 1. The number of alkyl halides is 6. The number of benzene rings is 2. The van der Waals surface area contributed by atoms with Crippen molar-refractivity contribution in [3.8, 4) is 28.7 Å². The molecule has 0 saturated heterocycles. The Bertz CT molecular complexity index is 2850. The molecule has 2 amide bonds. The highest BCUT2D eigenvalue weighted by Gasteiger charge is 2.45. The van der Waals surface area contributed by atoms with Crippen LogP contribution in [0, 0.1) is 18.8 Å². The number of hydrogen-bond acceptors (Lipinski definition) is 10. The molecule has 1 unspecified atom stereocenters. The van der Waals surface area contributed by atoms with E-state index in [1.54, 1.807) is 45.0 Å². The van der Waals surface area contributed by atoms with Crippen LogP contribution in [-0.4, -0.2) is 75.8 Å². The van der Waals surface area contributed by atoms with E-state index in [2.05, 4.69) is 27.4 Å². The number of amides is 2. The fourth-order valence-corrected chi connectivity index (χ4v) is 9.43. The highest BCUT2D eigenvalue weighted by molar-refractivity contribution is 8.00. The monoisotopic (exact) mass is 1030 g/mol. The smallest absolute Gasteiger partial charge is 0.408 e. The Labute approximate surface area is 403 Å². The first kappa shape index (κ1) is 52.4. The molecule has 23 heteroatoms. The number of rotatable bonds is 17. The lowest BCUT2D eigenvalue weighted by molar-refractivity contribution is -0.142. The van der Waals surface area contributed by atoms with Crippen molar-refractivity contribution in [1.82, 2.24) is 29.9 Å². The number of carboxylic acids is 1. The number of halogens is 7. The molecule has 2 aromatic carbocycles. The molecule has 6 rings (SSSR count). The largest absolute Gasteiger partial charge is 0.481 e. The Hall–Kier alpha value is -5.00. The van der Waals surface area contributed by atoms with Crippen LogP contribution in [0.3, 0.4) is 0 Å². The van der Waals surface area contributed by atoms with E-state index >= 15 is 0 Å². The Morgan fingerprint density at radius 1 is 1.04 bits per heavy atom. The fraction of sp³-hybridized carbons (Fsp3) is 0.422. The first-order valence-corrected chi connectivity index (χ1v) is 24.4. The highest BCUT2D eigenvalue weighted by atomic mass is 35.5. The molecule has 13 nitrogen and oxygen atoms in total. The van der Waals surface area contributed by atoms with Gasteiger partial charge in [0.2, 0.25) is 20.8 Å². The van der Waals surface area contributed by atoms with Crippen LogP contribution in [-0.2, 0) is 64.9 Å². The molecule has 1 atom stereocenters. The van der Waals surface area contributed by atoms with Gasteiger partial charge in [-0.2, -0.15) is 32.1 Å². The second-order valence-electron chi connectivity index (χ2n) is 17.1. The number of anilines is 1. The molecular formula is C45H47ClF6N7O6PS2. The number of fused-ring (bicyclic) bond motifs is 2. The first-order chi connectivity index (χ1) is 31.8. The van der Waals surface area contributed by atoms with Crippen LogP contribution in [0.5, 0.6) is 5.75 Å². The number of aliphatic carboxylic acids is 1. The molecule has 3 heterocycles. The van der Waals surface area contributed by atoms with Gasteiger partial charge in [0.1, 0.15) is 36.9 Å². The van der Waals surface area contributed by atoms with Crippen molar-refractivity contribution in [3.05, 3.63) is 86.5 Å². The van der Waals surface area contributed by atoms with E-state index in [4.69, 9.17) is 21.1 Å². The SMILES string of the molecule is CSN(C(=O)CC(C)(C)c1c(CC(=O)O)cc(C)cc1OPO)c1nn(CC(F)(F)F)c2c(-c3ccc(C#CC(C)(C)SC)nc3CNC(=O)Cn3nc(CF)c4c3C(F)(F)CC4)ccc(Cl)c12. The summed E-state index contributed by atoms with van der Waals surface area (Å²) in [7, 11) is -1.01. The predicted octanol–water partition coefficient (Wildman–Crippen LogP) is 9.62. The van der Waals surface area contributed by atoms with Crippen LogP contribution in [0.25, 0.3) is 22.0 Å². The summed E-state index contributed by atoms with van der Waals surface area (Å²) in [5, 5.41) is 20.6. The van der Waals surface area contributed by atoms with Gasteiger partial charge in [-0.25, -0.2) is 13.7 Å². The molecule has 0 aliphatic heterocycles. The Balaban J connectivity index is 1.46. The number of hydrogen-bond donors (Lipinski definition) is 3. The van der Waals surface area contributed by atoms with Gasteiger partial charge in [-0.15, -0.1) is 11.8 Å². The van der Waals surface area contributed by atoms with Crippen LogP contribution in [0.2, 0.25) is 5.02 Å². The molecular weight excluding hydrogens is 979 g/mol. The summed E-state index contributed by atoms with van der Waals surface area (Å²) in [5.74, 6) is 0.0910. The summed E-state index contributed by atoms with van der Waals surface area (Å²) in [6, 6.07) is 9.19. The number of carbonyl (C=O) groups excluding carboxylic acids is 2. The summed E-state index contributed by atoms with van der Waals surface area (Å²) in [5.41, 5.74) is -0.0407. The minimum Gasteiger partial charge on any atom is -0.481 e. The summed E-state index contributed by atoms with van der Waals surface area (Å²) in [6.45, 7) is 5.01. The zero-order chi connectivity index (χ0) is 50.1. The number of nitrogens with zero attached hydrogens (tertiary/aromatic N) is 6. The summed E-state index contributed by atoms with van der Waals surface area (Å²) >= 11 is 9.16. The van der Waals surface area contributed by atoms with Crippen molar-refractivity contribution < 1.29 is 55.2 Å². The number of thioether (sulfide) groups is 1. The average Bonchev–Trinajstić information content (AvgIpc) is 3.90. The van der Waals surface area contributed by atoms with Gasteiger partial charge < -0.3 is 19.8 Å². The summed E-state index contributed by atoms with van der Waals surface area (Å²) in [4.78, 5) is 54.4. The van der Waals surface area contributed by atoms with Gasteiger partial charge in [0.25, 0.3) is 5.92 Å². The molecule has 0 spiro atoms. The standard InChI is InChI=1S/C45H47ClF6N7O6PS2/c1-24-16-25(18-36(62)63)38(33(17-24)65-66-64)42(2,3)19-35(61)59(68-7)41-37-30(46)11-10-28(39(37)58(56-41)23-45(50,51)52)27-9-8-26(12-14-43(4,5)67-6)54-32(27)21-53-34(60)22-57-40-29(31(20-47)55-57)13-15-44(40,48)49/h8-11,16-17,64,66H,13,15,18-23H2,1-7H3,(H,53,60)(H,62,63). The van der Waals surface area contributed by atoms with Crippen molar-refractivity contribution in [1.29, 1.82) is 0 Å². The van der Waals surface area contributed by atoms with E-state index < -0.39 is 87.4 Å². The zero-order valence-corrected chi connectivity index (χ0v) is 41.2. The summed E-state index contributed by atoms with van der Waals surface area (Å²) in [6.07, 6.45) is -2.91. The van der Waals surface area contributed by atoms with Crippen LogP contribution in [0.15, 0.2) is 36.4 Å². The Morgan fingerprint density at radius 3 is 2.38 bits per heavy atom. The minimum absolute atomic E-state index is 0.0426. The molecule has 5 aromatic rings. The third-order valence-electron chi connectivity index (χ3n) is 11.2. The number of aromatic nitrogens is 5. The van der Waals surface area contributed by atoms with Gasteiger partial charge in [0.15, 0.2) is 5.82 Å². The van der Waals surface area contributed by atoms with Gasteiger partial charge >= 0.3 is 12.1 Å². The predicted molar refractivity (Wildman–Crippen MR) is 252 cm³/mol. The third-order valence-corrected chi connectivity index (χ3v) is 13.6. The maximum Gasteiger partial charge on any atom is 0.408 e. The maximum absolute atomic E-state index is 14.9. The lowest BCUT2D eigenvalue weighted by Crippen LogP contribution is -2.32. The molecule has 68 heavy (non-hydrogen) atoms. The fourth-order valence-electron chi connectivity index (χ4n) is 8.21. The van der Waals surface area contributed by atoms with E-state index in [1.807, 2.05) is 20.1 Å². The highest BCUT2D eigenvalue weighted by Crippen LogP contribution is 2.46. The van der Waals surface area contributed by atoms with Crippen molar-refractivity contribution in [3.63, 3.8) is 0 Å². The van der Waals surface area contributed by atoms with Crippen LogP contribution in [0.4, 0.5) is 32.2 Å². The molecule has 1 aliphatic rings. The zero-order valence-electron chi connectivity index (χ0n) is 37.8. The van der Waals surface area contributed by atoms with E-state index in [1.165, 1.54) is 30.2 Å². The first-order valence-electron chi connectivity index (χ1n) is 20.8. The molecule has 364 valence electrons. The summed E-state index contributed by atoms with van der Waals surface area (Å²) < 4.78 is 94.7. The van der Waals surface area contributed by atoms with Crippen LogP contribution < -0.4 is 14.1 Å². The van der Waals surface area contributed by atoms with Crippen molar-refractivity contribution in [2.45, 2.75) is 109 Å². The van der Waals surface area contributed by atoms with E-state index in [0.717, 1.165) is 20.9 Å².